The van der Waals surface area contributed by atoms with Gasteiger partial charge in [-0.25, -0.2) is 0 Å². The minimum atomic E-state index is 0.0642. The summed E-state index contributed by atoms with van der Waals surface area (Å²) in [4.78, 5) is 19.5. The maximum atomic E-state index is 12.9. The van der Waals surface area contributed by atoms with E-state index < -0.39 is 0 Å². The van der Waals surface area contributed by atoms with Gasteiger partial charge in [-0.15, -0.1) is 5.10 Å². The molecule has 0 spiro atoms. The van der Waals surface area contributed by atoms with Gasteiger partial charge < -0.3 is 5.32 Å². The number of rotatable bonds is 6. The maximum Gasteiger partial charge on any atom is 0.224 e. The van der Waals surface area contributed by atoms with Gasteiger partial charge in [0, 0.05) is 37.1 Å². The van der Waals surface area contributed by atoms with Crippen LogP contribution in [0, 0.1) is 11.8 Å². The highest BCUT2D eigenvalue weighted by Gasteiger charge is 2.43. The van der Waals surface area contributed by atoms with Crippen molar-refractivity contribution in [2.45, 2.75) is 58.2 Å². The summed E-state index contributed by atoms with van der Waals surface area (Å²) in [6, 6.07) is 12.9. The van der Waals surface area contributed by atoms with E-state index in [1.807, 2.05) is 23.0 Å². The summed E-state index contributed by atoms with van der Waals surface area (Å²) in [6.45, 7) is 9.90. The van der Waals surface area contributed by atoms with Gasteiger partial charge in [0.25, 0.3) is 0 Å². The summed E-state index contributed by atoms with van der Waals surface area (Å²) in [5.74, 6) is 0.657. The Morgan fingerprint density at radius 1 is 1.18 bits per heavy atom. The second-order valence-electron chi connectivity index (χ2n) is 10.8. The third-order valence-corrected chi connectivity index (χ3v) is 7.39. The molecule has 0 saturated carbocycles. The number of benzene rings is 1. The van der Waals surface area contributed by atoms with Crippen molar-refractivity contribution >= 4 is 5.91 Å². The van der Waals surface area contributed by atoms with Gasteiger partial charge in [-0.05, 0) is 47.9 Å². The van der Waals surface area contributed by atoms with Crippen LogP contribution in [0.5, 0.6) is 0 Å². The number of nitrogens with zero attached hydrogens (tertiary/aromatic N) is 5. The number of amides is 1. The molecule has 1 aromatic carbocycles. The van der Waals surface area contributed by atoms with Gasteiger partial charge in [-0.1, -0.05) is 56.3 Å². The van der Waals surface area contributed by atoms with Crippen LogP contribution in [0.15, 0.2) is 55.0 Å². The highest BCUT2D eigenvalue weighted by molar-refractivity contribution is 5.79. The Balaban J connectivity index is 1.18. The summed E-state index contributed by atoms with van der Waals surface area (Å²) in [5.41, 5.74) is 4.48. The number of carbonyl (C=O) groups is 1. The number of fused-ring (bicyclic) bond motifs is 3. The summed E-state index contributed by atoms with van der Waals surface area (Å²) in [5, 5.41) is 12.0. The van der Waals surface area contributed by atoms with E-state index in [2.05, 4.69) is 70.5 Å². The smallest absolute Gasteiger partial charge is 0.224 e. The quantitative estimate of drug-likeness (QED) is 0.610. The lowest BCUT2D eigenvalue weighted by Gasteiger charge is -2.49. The minimum absolute atomic E-state index is 0.0642. The van der Waals surface area contributed by atoms with Crippen LogP contribution in [0.3, 0.4) is 0 Å². The van der Waals surface area contributed by atoms with Crippen molar-refractivity contribution < 1.29 is 4.79 Å². The number of pyridine rings is 1. The molecule has 4 unspecified atom stereocenters. The molecular formula is C27H34N6O. The Morgan fingerprint density at radius 2 is 2.00 bits per heavy atom. The Bertz CT molecular complexity index is 1120. The van der Waals surface area contributed by atoms with Gasteiger partial charge in [0.15, 0.2) is 0 Å². The molecule has 4 atom stereocenters. The van der Waals surface area contributed by atoms with Crippen molar-refractivity contribution in [3.63, 3.8) is 0 Å². The molecule has 2 bridgehead atoms. The fraction of sp³-hybridized carbons (Fsp3) is 0.481. The molecule has 3 saturated heterocycles. The molecule has 1 N–H and O–H groups in total. The molecule has 7 nitrogen and oxygen atoms in total. The van der Waals surface area contributed by atoms with Gasteiger partial charge in [-0.2, -0.15) is 0 Å². The largest absolute Gasteiger partial charge is 0.352 e. The van der Waals surface area contributed by atoms with E-state index in [9.17, 15) is 4.79 Å². The molecule has 3 fully saturated rings. The number of piperidine rings is 3. The van der Waals surface area contributed by atoms with Crippen molar-refractivity contribution in [3.8, 4) is 11.3 Å². The van der Waals surface area contributed by atoms with Crippen LogP contribution < -0.4 is 5.32 Å². The summed E-state index contributed by atoms with van der Waals surface area (Å²) >= 11 is 0. The first kappa shape index (κ1) is 22.7. The van der Waals surface area contributed by atoms with E-state index >= 15 is 0 Å². The molecule has 34 heavy (non-hydrogen) atoms. The zero-order valence-electron chi connectivity index (χ0n) is 20.3. The van der Waals surface area contributed by atoms with E-state index in [1.54, 1.807) is 12.4 Å². The zero-order valence-corrected chi connectivity index (χ0v) is 20.3. The third kappa shape index (κ3) is 4.89. The molecule has 0 aliphatic carbocycles. The second kappa shape index (κ2) is 9.29. The minimum Gasteiger partial charge on any atom is -0.352 e. The number of hydrogen-bond acceptors (Lipinski definition) is 5. The monoisotopic (exact) mass is 458 g/mol. The number of carbonyl (C=O) groups excluding carboxylic acids is 1. The van der Waals surface area contributed by atoms with Crippen molar-refractivity contribution in [2.24, 2.45) is 11.8 Å². The molecule has 0 radical (unpaired) electrons. The fourth-order valence-electron chi connectivity index (χ4n) is 5.32. The lowest BCUT2D eigenvalue weighted by atomic mass is 9.75. The molecule has 5 heterocycles. The Morgan fingerprint density at radius 3 is 2.68 bits per heavy atom. The van der Waals surface area contributed by atoms with Crippen LogP contribution in [0.25, 0.3) is 11.3 Å². The standard InChI is InChI=1S/C27H34N6O/c1-27(2,3)22-8-6-20(7-9-22)25-18-33(31-30-25)16-23-13-21-10-12-32(23)17-24(21)26(34)29-15-19-5-4-11-28-14-19/h4-9,11,14,18,21,23-24H,10,12-13,15-17H2,1-3H3,(H,29,34). The predicted molar refractivity (Wildman–Crippen MR) is 132 cm³/mol. The van der Waals surface area contributed by atoms with E-state index in [4.69, 9.17) is 0 Å². The Hall–Kier alpha value is -3.06. The summed E-state index contributed by atoms with van der Waals surface area (Å²) in [6.07, 6.45) is 7.72. The van der Waals surface area contributed by atoms with Crippen molar-refractivity contribution in [3.05, 3.63) is 66.1 Å². The lowest BCUT2D eigenvalue weighted by molar-refractivity contribution is -0.133. The van der Waals surface area contributed by atoms with Gasteiger partial charge in [0.1, 0.15) is 5.69 Å². The number of aromatic nitrogens is 4. The van der Waals surface area contributed by atoms with Gasteiger partial charge in [-0.3, -0.25) is 19.4 Å². The van der Waals surface area contributed by atoms with Crippen molar-refractivity contribution in [2.75, 3.05) is 13.1 Å². The normalized spacial score (nSPS) is 24.2. The first-order valence-electron chi connectivity index (χ1n) is 12.3. The van der Waals surface area contributed by atoms with Gasteiger partial charge in [0.2, 0.25) is 5.91 Å². The average molecular weight is 459 g/mol. The number of hydrogen-bond donors (Lipinski definition) is 1. The number of nitrogens with one attached hydrogen (secondary N) is 1. The highest BCUT2D eigenvalue weighted by atomic mass is 16.1. The van der Waals surface area contributed by atoms with Gasteiger partial charge >= 0.3 is 0 Å². The van der Waals surface area contributed by atoms with Crippen LogP contribution in [0.2, 0.25) is 0 Å². The molecule has 3 aliphatic rings. The van der Waals surface area contributed by atoms with E-state index in [0.717, 1.165) is 49.3 Å². The Labute approximate surface area is 201 Å². The predicted octanol–water partition coefficient (Wildman–Crippen LogP) is 3.66. The SMILES string of the molecule is CC(C)(C)c1ccc(-c2cn(CC3CC4CCN3CC4C(=O)NCc3cccnc3)nn2)cc1. The van der Waals surface area contributed by atoms with Crippen LogP contribution >= 0.6 is 0 Å². The fourth-order valence-corrected chi connectivity index (χ4v) is 5.32. The lowest BCUT2D eigenvalue weighted by Crippen LogP contribution is -2.58. The molecular weight excluding hydrogens is 424 g/mol. The van der Waals surface area contributed by atoms with E-state index in [0.29, 0.717) is 18.5 Å². The molecule has 7 heteroatoms. The van der Waals surface area contributed by atoms with Crippen molar-refractivity contribution in [1.29, 1.82) is 0 Å². The van der Waals surface area contributed by atoms with E-state index in [1.165, 1.54) is 5.56 Å². The van der Waals surface area contributed by atoms with Crippen LogP contribution in [-0.2, 0) is 23.3 Å². The van der Waals surface area contributed by atoms with Gasteiger partial charge in [0.05, 0.1) is 18.7 Å². The van der Waals surface area contributed by atoms with Crippen molar-refractivity contribution in [1.82, 2.24) is 30.2 Å². The molecule has 1 amide bonds. The molecule has 6 rings (SSSR count). The first-order chi connectivity index (χ1) is 16.4. The molecule has 3 aromatic rings. The molecule has 3 aliphatic heterocycles. The maximum absolute atomic E-state index is 12.9. The highest BCUT2D eigenvalue weighted by Crippen LogP contribution is 2.37. The van der Waals surface area contributed by atoms with E-state index in [-0.39, 0.29) is 17.2 Å². The second-order valence-corrected chi connectivity index (χ2v) is 10.8. The average Bonchev–Trinajstić information content (AvgIpc) is 3.31. The van der Waals surface area contributed by atoms with Crippen LogP contribution in [-0.4, -0.2) is 49.9 Å². The molecule has 178 valence electrons. The topological polar surface area (TPSA) is 75.9 Å². The summed E-state index contributed by atoms with van der Waals surface area (Å²) < 4.78 is 1.97. The third-order valence-electron chi connectivity index (χ3n) is 7.39. The first-order valence-corrected chi connectivity index (χ1v) is 12.3. The van der Waals surface area contributed by atoms with Crippen LogP contribution in [0.4, 0.5) is 0 Å². The Kier molecular flexibility index (Phi) is 6.21. The molecule has 2 aromatic heterocycles. The summed E-state index contributed by atoms with van der Waals surface area (Å²) in [7, 11) is 0. The van der Waals surface area contributed by atoms with Crippen LogP contribution in [0.1, 0.15) is 44.7 Å². The zero-order chi connectivity index (χ0) is 23.7.